The summed E-state index contributed by atoms with van der Waals surface area (Å²) in [6, 6.07) is 3.22. The summed E-state index contributed by atoms with van der Waals surface area (Å²) >= 11 is 6.02. The predicted molar refractivity (Wildman–Crippen MR) is 70.6 cm³/mol. The fraction of sp³-hybridized carbons (Fsp3) is 0.500. The lowest BCUT2D eigenvalue weighted by Gasteiger charge is -2.26. The Balaban J connectivity index is 3.06. The first kappa shape index (κ1) is 16.0. The number of hydrogen-bond donors (Lipinski definition) is 0. The molecule has 0 radical (unpaired) electrons. The molecule has 0 aromatic carbocycles. The van der Waals surface area contributed by atoms with E-state index in [1.54, 1.807) is 24.0 Å². The molecule has 1 aliphatic heterocycles. The van der Waals surface area contributed by atoms with Crippen molar-refractivity contribution in [1.82, 2.24) is 4.90 Å². The summed E-state index contributed by atoms with van der Waals surface area (Å²) in [5.74, 6) is -0.850. The minimum atomic E-state index is -0.850. The van der Waals surface area contributed by atoms with Gasteiger partial charge in [0.1, 0.15) is 12.1 Å². The molecule has 0 atom stereocenters. The molecule has 0 saturated carbocycles. The highest BCUT2D eigenvalue weighted by Crippen LogP contribution is 2.12. The Labute approximate surface area is 121 Å². The number of rotatable bonds is 3. The van der Waals surface area contributed by atoms with E-state index < -0.39 is 11.5 Å². The van der Waals surface area contributed by atoms with Crippen LogP contribution in [0.3, 0.4) is 0 Å². The number of carbonyl (C=O) groups excluding carboxylic acids is 1. The van der Waals surface area contributed by atoms with Gasteiger partial charge in [-0.25, -0.2) is 9.79 Å². The molecule has 0 N–H and O–H groups in total. The van der Waals surface area contributed by atoms with E-state index in [1.807, 2.05) is 0 Å². The first-order chi connectivity index (χ1) is 9.63. The van der Waals surface area contributed by atoms with Crippen molar-refractivity contribution in [3.8, 4) is 12.1 Å². The van der Waals surface area contributed by atoms with E-state index >= 15 is 0 Å². The van der Waals surface area contributed by atoms with Gasteiger partial charge in [-0.1, -0.05) is 0 Å². The van der Waals surface area contributed by atoms with Crippen LogP contribution in [0.25, 0.3) is 0 Å². The monoisotopic (exact) mass is 296 g/mol. The number of esters is 1. The second-order valence-electron chi connectivity index (χ2n) is 3.65. The summed E-state index contributed by atoms with van der Waals surface area (Å²) in [7, 11) is 0. The number of morpholine rings is 1. The van der Waals surface area contributed by atoms with Gasteiger partial charge < -0.3 is 14.4 Å². The third kappa shape index (κ3) is 4.23. The Hall–Kier alpha value is -2.09. The molecule has 7 nitrogen and oxygen atoms in total. The smallest absolute Gasteiger partial charge is 0.359 e. The van der Waals surface area contributed by atoms with Crippen molar-refractivity contribution in [3.05, 3.63) is 11.3 Å². The quantitative estimate of drug-likeness (QED) is 0.190. The molecule has 0 aromatic heterocycles. The minimum Gasteiger partial charge on any atom is -0.461 e. The number of nitrogens with zero attached hydrogens (tertiary/aromatic N) is 4. The number of aliphatic imine (C=N–C) groups is 1. The Morgan fingerprint density at radius 2 is 2.00 bits per heavy atom. The highest BCUT2D eigenvalue weighted by Gasteiger charge is 2.20. The SMILES string of the molecule is CCOC(=O)C(N=C(Cl)N1CCOCC1)=C(C#N)C#N. The summed E-state index contributed by atoms with van der Waals surface area (Å²) < 4.78 is 9.94. The molecule has 1 heterocycles. The van der Waals surface area contributed by atoms with Gasteiger partial charge in [0.15, 0.2) is 16.6 Å². The molecule has 1 aliphatic rings. The van der Waals surface area contributed by atoms with Crippen LogP contribution in [-0.4, -0.2) is 49.1 Å². The molecule has 1 saturated heterocycles. The van der Waals surface area contributed by atoms with Crippen LogP contribution in [0.2, 0.25) is 0 Å². The summed E-state index contributed by atoms with van der Waals surface area (Å²) in [6.45, 7) is 3.75. The fourth-order valence-corrected chi connectivity index (χ4v) is 1.70. The highest BCUT2D eigenvalue weighted by atomic mass is 35.5. The largest absolute Gasteiger partial charge is 0.461 e. The number of halogens is 1. The lowest BCUT2D eigenvalue weighted by molar-refractivity contribution is -0.138. The van der Waals surface area contributed by atoms with Crippen molar-refractivity contribution >= 4 is 22.9 Å². The second kappa shape index (κ2) is 8.16. The molecule has 106 valence electrons. The number of ether oxygens (including phenoxy) is 2. The number of amidine groups is 1. The van der Waals surface area contributed by atoms with E-state index in [2.05, 4.69) is 4.99 Å². The van der Waals surface area contributed by atoms with E-state index in [9.17, 15) is 4.79 Å². The number of allylic oxidation sites excluding steroid dienone is 1. The maximum Gasteiger partial charge on any atom is 0.359 e. The van der Waals surface area contributed by atoms with Gasteiger partial charge in [-0.15, -0.1) is 0 Å². The molecule has 8 heteroatoms. The van der Waals surface area contributed by atoms with Crippen LogP contribution in [-0.2, 0) is 14.3 Å². The normalized spacial score (nSPS) is 15.0. The Morgan fingerprint density at radius 1 is 1.40 bits per heavy atom. The second-order valence-corrected chi connectivity index (χ2v) is 3.99. The van der Waals surface area contributed by atoms with Crippen LogP contribution >= 0.6 is 11.6 Å². The van der Waals surface area contributed by atoms with Crippen molar-refractivity contribution in [2.45, 2.75) is 6.92 Å². The molecule has 0 aromatic rings. The van der Waals surface area contributed by atoms with Gasteiger partial charge in [-0.2, -0.15) is 10.5 Å². The Morgan fingerprint density at radius 3 is 2.50 bits per heavy atom. The topological polar surface area (TPSA) is 98.7 Å². The predicted octanol–water partition coefficient (Wildman–Crippen LogP) is 0.778. The van der Waals surface area contributed by atoms with Gasteiger partial charge in [0.2, 0.25) is 0 Å². The molecule has 0 aliphatic carbocycles. The Bertz CT molecular complexity index is 494. The van der Waals surface area contributed by atoms with E-state index in [4.69, 9.17) is 31.6 Å². The molecule has 0 spiro atoms. The van der Waals surface area contributed by atoms with Gasteiger partial charge in [0, 0.05) is 13.1 Å². The lowest BCUT2D eigenvalue weighted by Crippen LogP contribution is -2.38. The lowest BCUT2D eigenvalue weighted by atomic mass is 10.2. The summed E-state index contributed by atoms with van der Waals surface area (Å²) in [6.07, 6.45) is 0. The van der Waals surface area contributed by atoms with Crippen molar-refractivity contribution in [3.63, 3.8) is 0 Å². The van der Waals surface area contributed by atoms with Crippen LogP contribution < -0.4 is 0 Å². The van der Waals surface area contributed by atoms with E-state index in [-0.39, 0.29) is 17.6 Å². The molecule has 0 amide bonds. The van der Waals surface area contributed by atoms with E-state index in [0.29, 0.717) is 26.3 Å². The van der Waals surface area contributed by atoms with Gasteiger partial charge in [-0.3, -0.25) is 0 Å². The van der Waals surface area contributed by atoms with E-state index in [1.165, 1.54) is 0 Å². The van der Waals surface area contributed by atoms with Crippen molar-refractivity contribution in [2.75, 3.05) is 32.9 Å². The first-order valence-electron chi connectivity index (χ1n) is 5.92. The molecular formula is C12H13ClN4O3. The van der Waals surface area contributed by atoms with Crippen LogP contribution in [0.4, 0.5) is 0 Å². The molecular weight excluding hydrogens is 284 g/mol. The number of nitriles is 2. The number of carbonyl (C=O) groups is 1. The van der Waals surface area contributed by atoms with Crippen molar-refractivity contribution in [1.29, 1.82) is 10.5 Å². The van der Waals surface area contributed by atoms with Crippen molar-refractivity contribution < 1.29 is 14.3 Å². The molecule has 0 unspecified atom stereocenters. The maximum absolute atomic E-state index is 11.7. The molecule has 0 bridgehead atoms. The van der Waals surface area contributed by atoms with Gasteiger partial charge in [0.05, 0.1) is 19.8 Å². The number of hydrogen-bond acceptors (Lipinski definition) is 6. The Kier molecular flexibility index (Phi) is 6.51. The zero-order valence-corrected chi connectivity index (χ0v) is 11.7. The molecule has 1 rings (SSSR count). The van der Waals surface area contributed by atoms with Crippen LogP contribution in [0.1, 0.15) is 6.92 Å². The van der Waals surface area contributed by atoms with Gasteiger partial charge in [-0.05, 0) is 18.5 Å². The standard InChI is InChI=1S/C12H13ClN4O3/c1-2-20-11(18)10(9(7-14)8-15)16-12(13)17-3-5-19-6-4-17/h2-6H2,1H3. The maximum atomic E-state index is 11.7. The summed E-state index contributed by atoms with van der Waals surface area (Å²) in [4.78, 5) is 17.3. The van der Waals surface area contributed by atoms with Gasteiger partial charge in [0.25, 0.3) is 0 Å². The zero-order chi connectivity index (χ0) is 15.0. The highest BCUT2D eigenvalue weighted by molar-refractivity contribution is 6.64. The average molecular weight is 297 g/mol. The zero-order valence-electron chi connectivity index (χ0n) is 10.9. The average Bonchev–Trinajstić information content (AvgIpc) is 2.48. The van der Waals surface area contributed by atoms with Gasteiger partial charge >= 0.3 is 5.97 Å². The fourth-order valence-electron chi connectivity index (χ4n) is 1.44. The molecule has 1 fully saturated rings. The minimum absolute atomic E-state index is 0.0272. The first-order valence-corrected chi connectivity index (χ1v) is 6.30. The third-order valence-electron chi connectivity index (χ3n) is 2.41. The summed E-state index contributed by atoms with van der Waals surface area (Å²) in [5, 5.41) is 17.7. The van der Waals surface area contributed by atoms with Crippen LogP contribution in [0, 0.1) is 22.7 Å². The third-order valence-corrected chi connectivity index (χ3v) is 2.73. The summed E-state index contributed by atoms with van der Waals surface area (Å²) in [5.41, 5.74) is -0.816. The molecule has 20 heavy (non-hydrogen) atoms. The van der Waals surface area contributed by atoms with Crippen LogP contribution in [0.5, 0.6) is 0 Å². The van der Waals surface area contributed by atoms with E-state index in [0.717, 1.165) is 0 Å². The van der Waals surface area contributed by atoms with Crippen LogP contribution in [0.15, 0.2) is 16.3 Å². The van der Waals surface area contributed by atoms with Crippen molar-refractivity contribution in [2.24, 2.45) is 4.99 Å².